The molecule has 0 spiro atoms. The topological polar surface area (TPSA) is 67.6 Å². The molecule has 0 aromatic heterocycles. The third kappa shape index (κ3) is 2.97. The number of nitriles is 1. The number of nitrogens with zero attached hydrogens (tertiary/aromatic N) is 3. The molecule has 1 unspecified atom stereocenters. The number of likely N-dealkylation sites (tertiary alicyclic amines) is 1. The van der Waals surface area contributed by atoms with Gasteiger partial charge >= 0.3 is 0 Å². The fraction of sp³-hybridized carbons (Fsp3) is 0.867. The molecule has 2 aliphatic rings. The number of carbonyl (C=O) groups excluding carboxylic acids is 1. The SMILES string of the molecule is CC(O)CN(C)C1CCN(C(=O)C2(C#N)CCC2)CC1. The van der Waals surface area contributed by atoms with E-state index in [0.29, 0.717) is 12.6 Å². The third-order valence-corrected chi connectivity index (χ3v) is 4.76. The summed E-state index contributed by atoms with van der Waals surface area (Å²) in [6.07, 6.45) is 3.98. The van der Waals surface area contributed by atoms with Gasteiger partial charge in [-0.3, -0.25) is 4.79 Å². The van der Waals surface area contributed by atoms with Crippen molar-refractivity contribution in [3.8, 4) is 6.07 Å². The van der Waals surface area contributed by atoms with Crippen LogP contribution >= 0.6 is 0 Å². The van der Waals surface area contributed by atoms with Gasteiger partial charge in [0.25, 0.3) is 0 Å². The summed E-state index contributed by atoms with van der Waals surface area (Å²) in [5, 5.41) is 18.7. The molecule has 5 heteroatoms. The molecule has 2 fully saturated rings. The van der Waals surface area contributed by atoms with Gasteiger partial charge in [0, 0.05) is 25.7 Å². The predicted octanol–water partition coefficient (Wildman–Crippen LogP) is 0.984. The Morgan fingerprint density at radius 1 is 1.50 bits per heavy atom. The van der Waals surface area contributed by atoms with E-state index in [-0.39, 0.29) is 12.0 Å². The highest BCUT2D eigenvalue weighted by molar-refractivity contribution is 5.86. The molecule has 1 saturated carbocycles. The van der Waals surface area contributed by atoms with E-state index < -0.39 is 5.41 Å². The van der Waals surface area contributed by atoms with Crippen molar-refractivity contribution in [2.75, 3.05) is 26.7 Å². The maximum Gasteiger partial charge on any atom is 0.243 e. The molecule has 1 aliphatic heterocycles. The molecular weight excluding hydrogens is 254 g/mol. The number of piperidine rings is 1. The number of likely N-dealkylation sites (N-methyl/N-ethyl adjacent to an activating group) is 1. The van der Waals surface area contributed by atoms with E-state index in [4.69, 9.17) is 0 Å². The van der Waals surface area contributed by atoms with Crippen molar-refractivity contribution in [3.05, 3.63) is 0 Å². The van der Waals surface area contributed by atoms with Gasteiger partial charge in [-0.05, 0) is 46.1 Å². The first kappa shape index (κ1) is 15.3. The second kappa shape index (κ2) is 6.11. The first-order valence-electron chi connectivity index (χ1n) is 7.57. The number of hydrogen-bond donors (Lipinski definition) is 1. The molecule has 20 heavy (non-hydrogen) atoms. The molecule has 0 aromatic carbocycles. The van der Waals surface area contributed by atoms with Gasteiger partial charge in [-0.15, -0.1) is 0 Å². The highest BCUT2D eigenvalue weighted by Gasteiger charge is 2.47. The zero-order chi connectivity index (χ0) is 14.8. The van der Waals surface area contributed by atoms with Gasteiger partial charge in [0.2, 0.25) is 5.91 Å². The molecule has 0 bridgehead atoms. The van der Waals surface area contributed by atoms with Crippen molar-refractivity contribution >= 4 is 5.91 Å². The van der Waals surface area contributed by atoms with Crippen LogP contribution in [0, 0.1) is 16.7 Å². The molecule has 112 valence electrons. The Hall–Kier alpha value is -1.12. The lowest BCUT2D eigenvalue weighted by atomic mass is 9.69. The molecule has 1 N–H and O–H groups in total. The van der Waals surface area contributed by atoms with Gasteiger partial charge in [0.05, 0.1) is 12.2 Å². The normalized spacial score (nSPS) is 24.1. The number of aliphatic hydroxyl groups excluding tert-OH is 1. The molecule has 1 heterocycles. The van der Waals surface area contributed by atoms with Crippen LogP contribution in [0.2, 0.25) is 0 Å². The van der Waals surface area contributed by atoms with Crippen LogP contribution in [-0.2, 0) is 4.79 Å². The fourth-order valence-electron chi connectivity index (χ4n) is 3.28. The first-order valence-corrected chi connectivity index (χ1v) is 7.57. The first-order chi connectivity index (χ1) is 9.48. The van der Waals surface area contributed by atoms with Gasteiger partial charge in [-0.2, -0.15) is 5.26 Å². The Bertz CT molecular complexity index is 390. The van der Waals surface area contributed by atoms with Crippen LogP contribution in [-0.4, -0.2) is 59.6 Å². The second-order valence-corrected chi connectivity index (χ2v) is 6.36. The Morgan fingerprint density at radius 3 is 2.50 bits per heavy atom. The van der Waals surface area contributed by atoms with Crippen molar-refractivity contribution in [1.82, 2.24) is 9.80 Å². The molecule has 1 saturated heterocycles. The summed E-state index contributed by atoms with van der Waals surface area (Å²) in [4.78, 5) is 16.5. The van der Waals surface area contributed by atoms with Gasteiger partial charge in [-0.1, -0.05) is 0 Å². The number of rotatable bonds is 4. The highest BCUT2D eigenvalue weighted by Crippen LogP contribution is 2.42. The molecule has 0 aromatic rings. The Kier molecular flexibility index (Phi) is 4.66. The molecule has 1 atom stereocenters. The monoisotopic (exact) mass is 279 g/mol. The maximum absolute atomic E-state index is 12.4. The number of amides is 1. The van der Waals surface area contributed by atoms with Crippen LogP contribution in [0.15, 0.2) is 0 Å². The maximum atomic E-state index is 12.4. The van der Waals surface area contributed by atoms with E-state index in [9.17, 15) is 15.2 Å². The minimum Gasteiger partial charge on any atom is -0.392 e. The van der Waals surface area contributed by atoms with Crippen LogP contribution in [0.1, 0.15) is 39.0 Å². The van der Waals surface area contributed by atoms with Crippen LogP contribution in [0.25, 0.3) is 0 Å². The molecular formula is C15H25N3O2. The Morgan fingerprint density at radius 2 is 2.10 bits per heavy atom. The Balaban J connectivity index is 1.85. The third-order valence-electron chi connectivity index (χ3n) is 4.76. The van der Waals surface area contributed by atoms with Crippen LogP contribution in [0.5, 0.6) is 0 Å². The zero-order valence-corrected chi connectivity index (χ0v) is 12.5. The number of hydrogen-bond acceptors (Lipinski definition) is 4. The average molecular weight is 279 g/mol. The van der Waals surface area contributed by atoms with E-state index >= 15 is 0 Å². The van der Waals surface area contributed by atoms with Crippen molar-refractivity contribution in [3.63, 3.8) is 0 Å². The van der Waals surface area contributed by atoms with Crippen molar-refractivity contribution in [2.24, 2.45) is 5.41 Å². The highest BCUT2D eigenvalue weighted by atomic mass is 16.3. The molecule has 5 nitrogen and oxygen atoms in total. The number of aliphatic hydroxyl groups is 1. The van der Waals surface area contributed by atoms with Gasteiger partial charge < -0.3 is 14.9 Å². The molecule has 0 radical (unpaired) electrons. The van der Waals surface area contributed by atoms with Crippen LogP contribution in [0.3, 0.4) is 0 Å². The van der Waals surface area contributed by atoms with E-state index in [1.165, 1.54) is 0 Å². The van der Waals surface area contributed by atoms with Crippen LogP contribution < -0.4 is 0 Å². The lowest BCUT2D eigenvalue weighted by Gasteiger charge is -2.42. The van der Waals surface area contributed by atoms with E-state index in [1.807, 2.05) is 11.9 Å². The summed E-state index contributed by atoms with van der Waals surface area (Å²) < 4.78 is 0. The van der Waals surface area contributed by atoms with Gasteiger partial charge in [-0.25, -0.2) is 0 Å². The van der Waals surface area contributed by atoms with Gasteiger partial charge in [0.1, 0.15) is 5.41 Å². The summed E-state index contributed by atoms with van der Waals surface area (Å²) >= 11 is 0. The van der Waals surface area contributed by atoms with Crippen molar-refractivity contribution < 1.29 is 9.90 Å². The van der Waals surface area contributed by atoms with Crippen molar-refractivity contribution in [2.45, 2.75) is 51.2 Å². The van der Waals surface area contributed by atoms with E-state index in [2.05, 4.69) is 11.0 Å². The zero-order valence-electron chi connectivity index (χ0n) is 12.5. The predicted molar refractivity (Wildman–Crippen MR) is 75.8 cm³/mol. The van der Waals surface area contributed by atoms with Crippen LogP contribution in [0.4, 0.5) is 0 Å². The minimum absolute atomic E-state index is 0.0443. The summed E-state index contributed by atoms with van der Waals surface area (Å²) in [7, 11) is 2.03. The molecule has 1 amide bonds. The number of carbonyl (C=O) groups is 1. The fourth-order valence-corrected chi connectivity index (χ4v) is 3.28. The van der Waals surface area contributed by atoms with Crippen molar-refractivity contribution in [1.29, 1.82) is 5.26 Å². The van der Waals surface area contributed by atoms with E-state index in [1.54, 1.807) is 6.92 Å². The largest absolute Gasteiger partial charge is 0.392 e. The lowest BCUT2D eigenvalue weighted by molar-refractivity contribution is -0.144. The van der Waals surface area contributed by atoms with E-state index in [0.717, 1.165) is 45.2 Å². The molecule has 2 rings (SSSR count). The Labute approximate surface area is 121 Å². The standard InChI is InChI=1S/C15H25N3O2/c1-12(19)10-17(2)13-4-8-18(9-5-13)14(20)15(11-16)6-3-7-15/h12-13,19H,3-10H2,1-2H3. The summed E-state index contributed by atoms with van der Waals surface area (Å²) in [6, 6.07) is 2.66. The minimum atomic E-state index is -0.710. The quantitative estimate of drug-likeness (QED) is 0.833. The lowest BCUT2D eigenvalue weighted by Crippen LogP contribution is -2.52. The molecule has 1 aliphatic carbocycles. The summed E-state index contributed by atoms with van der Waals surface area (Å²) in [5.74, 6) is 0.0443. The summed E-state index contributed by atoms with van der Waals surface area (Å²) in [6.45, 7) is 3.93. The second-order valence-electron chi connectivity index (χ2n) is 6.36. The summed E-state index contributed by atoms with van der Waals surface area (Å²) in [5.41, 5.74) is -0.710. The van der Waals surface area contributed by atoms with Gasteiger partial charge in [0.15, 0.2) is 0 Å². The average Bonchev–Trinajstić information content (AvgIpc) is 2.37. The smallest absolute Gasteiger partial charge is 0.243 e.